The Labute approximate surface area is 133 Å². The Morgan fingerprint density at radius 3 is 2.96 bits per heavy atom. The predicted octanol–water partition coefficient (Wildman–Crippen LogP) is 1.54. The van der Waals surface area contributed by atoms with E-state index in [-0.39, 0.29) is 0 Å². The number of hydrogen-bond acceptors (Lipinski definition) is 6. The van der Waals surface area contributed by atoms with Crippen molar-refractivity contribution in [3.05, 3.63) is 18.5 Å². The highest BCUT2D eigenvalue weighted by atomic mass is 16.3. The van der Waals surface area contributed by atoms with Crippen LogP contribution in [0.15, 0.2) is 18.5 Å². The zero-order valence-corrected chi connectivity index (χ0v) is 13.3. The van der Waals surface area contributed by atoms with Gasteiger partial charge in [-0.15, -0.1) is 0 Å². The van der Waals surface area contributed by atoms with Crippen molar-refractivity contribution in [2.24, 2.45) is 0 Å². The number of imidazole rings is 1. The SMILES string of the molecule is CCCN1CC(C)(O)Cn2c1nc1c(N)nc3ccncc3c12. The summed E-state index contributed by atoms with van der Waals surface area (Å²) >= 11 is 0. The number of nitrogens with two attached hydrogens (primary N) is 1. The lowest BCUT2D eigenvalue weighted by atomic mass is 10.0. The normalized spacial score (nSPS) is 21.1. The zero-order chi connectivity index (χ0) is 16.2. The van der Waals surface area contributed by atoms with E-state index in [9.17, 15) is 5.11 Å². The maximum atomic E-state index is 10.7. The topological polar surface area (TPSA) is 93.1 Å². The first-order valence-electron chi connectivity index (χ1n) is 7.87. The molecule has 0 aliphatic carbocycles. The molecule has 1 unspecified atom stereocenters. The maximum Gasteiger partial charge on any atom is 0.206 e. The van der Waals surface area contributed by atoms with Crippen LogP contribution in [-0.2, 0) is 6.54 Å². The quantitative estimate of drug-likeness (QED) is 0.745. The minimum Gasteiger partial charge on any atom is -0.386 e. The predicted molar refractivity (Wildman–Crippen MR) is 90.4 cm³/mol. The fourth-order valence-electron chi connectivity index (χ4n) is 3.46. The number of hydrogen-bond donors (Lipinski definition) is 2. The zero-order valence-electron chi connectivity index (χ0n) is 13.3. The Hall–Kier alpha value is -2.41. The maximum absolute atomic E-state index is 10.7. The minimum atomic E-state index is -0.817. The molecule has 0 radical (unpaired) electrons. The van der Waals surface area contributed by atoms with Crippen LogP contribution in [0.4, 0.5) is 11.8 Å². The molecule has 0 amide bonds. The summed E-state index contributed by atoms with van der Waals surface area (Å²) in [6, 6.07) is 1.84. The summed E-state index contributed by atoms with van der Waals surface area (Å²) in [7, 11) is 0. The minimum absolute atomic E-state index is 0.414. The Morgan fingerprint density at radius 2 is 2.17 bits per heavy atom. The van der Waals surface area contributed by atoms with Gasteiger partial charge in [0.05, 0.1) is 29.7 Å². The fourth-order valence-corrected chi connectivity index (χ4v) is 3.46. The summed E-state index contributed by atoms with van der Waals surface area (Å²) < 4.78 is 2.05. The number of nitrogens with zero attached hydrogens (tertiary/aromatic N) is 5. The highest BCUT2D eigenvalue weighted by Crippen LogP contribution is 2.35. The van der Waals surface area contributed by atoms with Gasteiger partial charge < -0.3 is 20.3 Å². The van der Waals surface area contributed by atoms with Crippen molar-refractivity contribution in [2.75, 3.05) is 23.7 Å². The van der Waals surface area contributed by atoms with Crippen LogP contribution in [-0.4, -0.2) is 43.3 Å². The van der Waals surface area contributed by atoms with E-state index in [0.717, 1.165) is 35.3 Å². The van der Waals surface area contributed by atoms with Crippen LogP contribution >= 0.6 is 0 Å². The van der Waals surface area contributed by atoms with Crippen LogP contribution in [0.25, 0.3) is 21.9 Å². The average molecular weight is 312 g/mol. The van der Waals surface area contributed by atoms with E-state index >= 15 is 0 Å². The monoisotopic (exact) mass is 312 g/mol. The third-order valence-corrected chi connectivity index (χ3v) is 4.29. The Morgan fingerprint density at radius 1 is 1.35 bits per heavy atom. The van der Waals surface area contributed by atoms with Gasteiger partial charge in [-0.05, 0) is 19.4 Å². The molecule has 0 spiro atoms. The largest absolute Gasteiger partial charge is 0.386 e. The molecule has 7 heteroatoms. The molecule has 0 saturated heterocycles. The standard InChI is InChI=1S/C16H20N6O/c1-3-6-21-8-16(2,23)9-22-13-10-7-18-5-4-11(10)19-14(17)12(13)20-15(21)22/h4-5,7,23H,3,6,8-9H2,1-2H3,(H2,17,19). The van der Waals surface area contributed by atoms with Crippen LogP contribution in [0.1, 0.15) is 20.3 Å². The molecule has 1 aliphatic heterocycles. The fraction of sp³-hybridized carbons (Fsp3) is 0.438. The van der Waals surface area contributed by atoms with Crippen molar-refractivity contribution in [1.29, 1.82) is 0 Å². The molecular formula is C16H20N6O. The molecule has 23 heavy (non-hydrogen) atoms. The number of anilines is 2. The molecular weight excluding hydrogens is 292 g/mol. The summed E-state index contributed by atoms with van der Waals surface area (Å²) in [5.74, 6) is 1.26. The molecule has 7 nitrogen and oxygen atoms in total. The van der Waals surface area contributed by atoms with E-state index in [1.165, 1.54) is 0 Å². The van der Waals surface area contributed by atoms with Crippen molar-refractivity contribution < 1.29 is 5.11 Å². The smallest absolute Gasteiger partial charge is 0.206 e. The highest BCUT2D eigenvalue weighted by Gasteiger charge is 2.35. The van der Waals surface area contributed by atoms with Gasteiger partial charge in [-0.25, -0.2) is 9.97 Å². The van der Waals surface area contributed by atoms with Gasteiger partial charge in [-0.1, -0.05) is 6.92 Å². The highest BCUT2D eigenvalue weighted by molar-refractivity contribution is 6.07. The van der Waals surface area contributed by atoms with Crippen LogP contribution < -0.4 is 10.6 Å². The van der Waals surface area contributed by atoms with Gasteiger partial charge >= 0.3 is 0 Å². The van der Waals surface area contributed by atoms with Crippen molar-refractivity contribution in [2.45, 2.75) is 32.4 Å². The van der Waals surface area contributed by atoms with E-state index < -0.39 is 5.60 Å². The summed E-state index contributed by atoms with van der Waals surface area (Å²) in [5.41, 5.74) is 7.69. The Kier molecular flexibility index (Phi) is 2.96. The van der Waals surface area contributed by atoms with Gasteiger partial charge in [0.2, 0.25) is 5.95 Å². The molecule has 0 aromatic carbocycles. The lowest BCUT2D eigenvalue weighted by Gasteiger charge is -2.38. The summed E-state index contributed by atoms with van der Waals surface area (Å²) in [4.78, 5) is 15.5. The molecule has 4 heterocycles. The van der Waals surface area contributed by atoms with Gasteiger partial charge in [0.1, 0.15) is 5.52 Å². The summed E-state index contributed by atoms with van der Waals surface area (Å²) in [5, 5.41) is 11.6. The average Bonchev–Trinajstić information content (AvgIpc) is 2.87. The molecule has 1 aliphatic rings. The molecule has 0 fully saturated rings. The van der Waals surface area contributed by atoms with Crippen molar-refractivity contribution in [3.63, 3.8) is 0 Å². The molecule has 3 aromatic rings. The molecule has 120 valence electrons. The van der Waals surface area contributed by atoms with E-state index in [0.29, 0.717) is 24.4 Å². The van der Waals surface area contributed by atoms with Crippen LogP contribution in [0.2, 0.25) is 0 Å². The first kappa shape index (κ1) is 14.2. The van der Waals surface area contributed by atoms with Gasteiger partial charge in [-0.2, -0.15) is 0 Å². The van der Waals surface area contributed by atoms with Crippen molar-refractivity contribution in [3.8, 4) is 0 Å². The third-order valence-electron chi connectivity index (χ3n) is 4.29. The number of pyridine rings is 2. The number of rotatable bonds is 2. The first-order chi connectivity index (χ1) is 11.0. The van der Waals surface area contributed by atoms with E-state index in [1.54, 1.807) is 12.4 Å². The Balaban J connectivity index is 2.08. The number of aromatic nitrogens is 4. The van der Waals surface area contributed by atoms with Crippen LogP contribution in [0.5, 0.6) is 0 Å². The number of aliphatic hydroxyl groups is 1. The second-order valence-electron chi connectivity index (χ2n) is 6.50. The summed E-state index contributed by atoms with van der Waals surface area (Å²) in [6.07, 6.45) is 4.47. The lowest BCUT2D eigenvalue weighted by Crippen LogP contribution is -2.49. The Bertz CT molecular complexity index is 900. The second kappa shape index (κ2) is 4.79. The molecule has 1 atom stereocenters. The van der Waals surface area contributed by atoms with Crippen molar-refractivity contribution >= 4 is 33.7 Å². The molecule has 3 N–H and O–H groups in total. The molecule has 4 rings (SSSR count). The second-order valence-corrected chi connectivity index (χ2v) is 6.50. The van der Waals surface area contributed by atoms with Gasteiger partial charge in [0.15, 0.2) is 5.82 Å². The van der Waals surface area contributed by atoms with E-state index in [4.69, 9.17) is 10.7 Å². The van der Waals surface area contributed by atoms with Crippen LogP contribution in [0.3, 0.4) is 0 Å². The third kappa shape index (κ3) is 2.11. The van der Waals surface area contributed by atoms with E-state index in [2.05, 4.69) is 26.4 Å². The van der Waals surface area contributed by atoms with Gasteiger partial charge in [0, 0.05) is 24.3 Å². The summed E-state index contributed by atoms with van der Waals surface area (Å²) in [6.45, 7) is 5.85. The molecule has 0 saturated carbocycles. The molecule has 0 bridgehead atoms. The van der Waals surface area contributed by atoms with Crippen LogP contribution in [0, 0.1) is 0 Å². The lowest BCUT2D eigenvalue weighted by molar-refractivity contribution is 0.0417. The number of β-amino-alcohol motifs (C(OH)–C–C–N with tert-alkyl or cyclic N) is 1. The van der Waals surface area contributed by atoms with E-state index in [1.807, 2.05) is 13.0 Å². The number of nitrogen functional groups attached to an aromatic ring is 1. The number of fused-ring (bicyclic) bond motifs is 5. The van der Waals surface area contributed by atoms with Gasteiger partial charge in [-0.3, -0.25) is 4.98 Å². The van der Waals surface area contributed by atoms with Gasteiger partial charge in [0.25, 0.3) is 0 Å². The first-order valence-corrected chi connectivity index (χ1v) is 7.87. The van der Waals surface area contributed by atoms with Crippen molar-refractivity contribution in [1.82, 2.24) is 19.5 Å². The molecule has 3 aromatic heterocycles.